The van der Waals surface area contributed by atoms with E-state index in [1.54, 1.807) is 0 Å². The molecule has 0 aromatic carbocycles. The van der Waals surface area contributed by atoms with E-state index in [0.29, 0.717) is 0 Å². The normalized spacial score (nSPS) is 50.3. The van der Waals surface area contributed by atoms with Crippen molar-refractivity contribution in [1.82, 2.24) is 10.6 Å². The summed E-state index contributed by atoms with van der Waals surface area (Å²) in [6.07, 6.45) is -65.1. The summed E-state index contributed by atoms with van der Waals surface area (Å²) in [6.45, 7) is -4.78. The molecule has 7 aliphatic heterocycles. The van der Waals surface area contributed by atoms with Crippen LogP contribution in [0.4, 0.5) is 0 Å². The van der Waals surface area contributed by atoms with Gasteiger partial charge >= 0.3 is 0 Å². The lowest BCUT2D eigenvalue weighted by molar-refractivity contribution is -0.387. The first-order valence-electron chi connectivity index (χ1n) is 26.6. The molecule has 84 heavy (non-hydrogen) atoms. The number of hydrogen-bond acceptors (Lipinski definition) is 36. The fourth-order valence-electron chi connectivity index (χ4n) is 10.6. The van der Waals surface area contributed by atoms with E-state index in [1.165, 1.54) is 0 Å². The van der Waals surface area contributed by atoms with Gasteiger partial charge in [-0.15, -0.1) is 0 Å². The van der Waals surface area contributed by atoms with Gasteiger partial charge in [-0.1, -0.05) is 0 Å². The van der Waals surface area contributed by atoms with E-state index in [2.05, 4.69) is 10.6 Å². The fraction of sp³-hybridized carbons (Fsp3) is 0.957. The highest BCUT2D eigenvalue weighted by atomic mass is 16.8. The van der Waals surface area contributed by atoms with Crippen molar-refractivity contribution < 1.29 is 178 Å². The molecule has 38 heteroatoms. The van der Waals surface area contributed by atoms with Crippen molar-refractivity contribution in [3.05, 3.63) is 0 Å². The second kappa shape index (κ2) is 29.9. The van der Waals surface area contributed by atoms with Crippen LogP contribution in [0.2, 0.25) is 0 Å². The molecule has 23 N–H and O–H groups in total. The Morgan fingerprint density at radius 3 is 1.04 bits per heavy atom. The zero-order valence-electron chi connectivity index (χ0n) is 44.7. The van der Waals surface area contributed by atoms with Crippen molar-refractivity contribution in [3.63, 3.8) is 0 Å². The van der Waals surface area contributed by atoms with Gasteiger partial charge in [-0.3, -0.25) is 9.59 Å². The van der Waals surface area contributed by atoms with Crippen molar-refractivity contribution in [2.45, 2.75) is 229 Å². The lowest BCUT2D eigenvalue weighted by atomic mass is 9.94. The topological polar surface area (TPSA) is 603 Å². The van der Waals surface area contributed by atoms with Gasteiger partial charge in [-0.05, 0) is 0 Å². The molecular formula is C46H78N2O36. The van der Waals surface area contributed by atoms with Gasteiger partial charge in [0.2, 0.25) is 11.8 Å². The summed E-state index contributed by atoms with van der Waals surface area (Å²) < 4.78 is 74.3. The molecule has 0 bridgehead atoms. The Morgan fingerprint density at radius 2 is 0.607 bits per heavy atom. The number of aliphatic hydroxyl groups excluding tert-OH is 21. The van der Waals surface area contributed by atoms with E-state index in [0.717, 1.165) is 13.8 Å². The lowest BCUT2D eigenvalue weighted by Gasteiger charge is -2.50. The van der Waals surface area contributed by atoms with Crippen LogP contribution in [0.1, 0.15) is 13.8 Å². The number of rotatable bonds is 21. The van der Waals surface area contributed by atoms with Crippen LogP contribution >= 0.6 is 0 Å². The maximum absolute atomic E-state index is 12.7. The smallest absolute Gasteiger partial charge is 0.217 e. The molecule has 35 atom stereocenters. The summed E-state index contributed by atoms with van der Waals surface area (Å²) in [5.41, 5.74) is 0. The second-order valence-electron chi connectivity index (χ2n) is 21.1. The van der Waals surface area contributed by atoms with Crippen LogP contribution in [0.15, 0.2) is 0 Å². The zero-order valence-corrected chi connectivity index (χ0v) is 44.7. The molecule has 0 aliphatic carbocycles. The molecule has 0 spiro atoms. The third-order valence-corrected chi connectivity index (χ3v) is 15.3. The molecule has 0 saturated carbocycles. The van der Waals surface area contributed by atoms with E-state index >= 15 is 0 Å². The molecule has 7 saturated heterocycles. The third-order valence-electron chi connectivity index (χ3n) is 15.3. The summed E-state index contributed by atoms with van der Waals surface area (Å²) >= 11 is 0. The minimum atomic E-state index is -2.34. The van der Waals surface area contributed by atoms with Crippen LogP contribution in [0.3, 0.4) is 0 Å². The Bertz CT molecular complexity index is 2060. The van der Waals surface area contributed by atoms with Crippen molar-refractivity contribution in [1.29, 1.82) is 0 Å². The number of carbonyl (C=O) groups is 2. The first-order valence-corrected chi connectivity index (χ1v) is 26.6. The van der Waals surface area contributed by atoms with Crippen LogP contribution < -0.4 is 10.6 Å². The van der Waals surface area contributed by atoms with Gasteiger partial charge in [-0.25, -0.2) is 0 Å². The van der Waals surface area contributed by atoms with Crippen LogP contribution in [0, 0.1) is 0 Å². The minimum absolute atomic E-state index is 0.738. The predicted octanol–water partition coefficient (Wildman–Crippen LogP) is -16.0. The van der Waals surface area contributed by atoms with Crippen molar-refractivity contribution >= 4 is 11.8 Å². The summed E-state index contributed by atoms with van der Waals surface area (Å²) in [7, 11) is 0. The van der Waals surface area contributed by atoms with E-state index < -0.39 is 273 Å². The van der Waals surface area contributed by atoms with Gasteiger partial charge in [0.05, 0.1) is 46.2 Å². The molecular weight excluding hydrogens is 1160 g/mol. The summed E-state index contributed by atoms with van der Waals surface area (Å²) in [5, 5.41) is 231. The highest BCUT2D eigenvalue weighted by molar-refractivity contribution is 5.73. The molecule has 488 valence electrons. The summed E-state index contributed by atoms with van der Waals surface area (Å²) in [6, 6.07) is -3.37. The van der Waals surface area contributed by atoms with Crippen LogP contribution in [0.5, 0.6) is 0 Å². The SMILES string of the molecule is CC(=O)NC1C(O)OC(CO)[C@@H](O[C@@H]2OC(CO)[C@@H](O[C@@H]3OC(CO[C@H]4OC(CO[C@H]5OC(CO)[C@@H](O)[C@H](O)C5O)[C@@H](O)[C@H](O[C@H]5O[C@@H](CO)[C@@H](O)C(O)C5O)C4O)[C@@H](O)[C@H](O[C@H]4O[C@@H](CO)[C@@H](O)C(O)C4O)C3O)[C@H](O)C2NC(C)=O)[C@@H]1O. The monoisotopic (exact) mass is 1230 g/mol. The first kappa shape index (κ1) is 69.1. The molecule has 0 radical (unpaired) electrons. The number of aliphatic hydroxyl groups is 21. The van der Waals surface area contributed by atoms with Gasteiger partial charge in [0.15, 0.2) is 44.0 Å². The molecule has 7 heterocycles. The van der Waals surface area contributed by atoms with Crippen molar-refractivity contribution in [2.75, 3.05) is 46.2 Å². The lowest BCUT2D eigenvalue weighted by Crippen LogP contribution is -2.70. The summed E-state index contributed by atoms with van der Waals surface area (Å²) in [5.74, 6) is -1.61. The predicted molar refractivity (Wildman–Crippen MR) is 255 cm³/mol. The molecule has 7 fully saturated rings. The number of amides is 2. The third kappa shape index (κ3) is 14.9. The van der Waals surface area contributed by atoms with Crippen LogP contribution in [0.25, 0.3) is 0 Å². The number of ether oxygens (including phenoxy) is 13. The van der Waals surface area contributed by atoms with Crippen molar-refractivity contribution in [2.24, 2.45) is 0 Å². The Kier molecular flexibility index (Phi) is 24.6. The maximum atomic E-state index is 12.7. The number of nitrogens with one attached hydrogen (secondary N) is 2. The average molecular weight is 1240 g/mol. The molecule has 7 aliphatic rings. The van der Waals surface area contributed by atoms with Crippen LogP contribution in [-0.4, -0.2) is 380 Å². The highest BCUT2D eigenvalue weighted by Crippen LogP contribution is 2.37. The summed E-state index contributed by atoms with van der Waals surface area (Å²) in [4.78, 5) is 24.6. The van der Waals surface area contributed by atoms with Gasteiger partial charge in [-0.2, -0.15) is 0 Å². The first-order chi connectivity index (χ1) is 39.7. The fourth-order valence-corrected chi connectivity index (χ4v) is 10.6. The Balaban J connectivity index is 1.17. The largest absolute Gasteiger partial charge is 0.394 e. The average Bonchev–Trinajstić information content (AvgIpc) is 1.52. The van der Waals surface area contributed by atoms with Crippen molar-refractivity contribution in [3.8, 4) is 0 Å². The number of hydrogen-bond donors (Lipinski definition) is 23. The van der Waals surface area contributed by atoms with E-state index in [9.17, 15) is 117 Å². The van der Waals surface area contributed by atoms with E-state index in [-0.39, 0.29) is 0 Å². The van der Waals surface area contributed by atoms with Crippen LogP contribution in [-0.2, 0) is 71.2 Å². The van der Waals surface area contributed by atoms with Gasteiger partial charge in [0.1, 0.15) is 171 Å². The Labute approximate surface area is 475 Å². The Morgan fingerprint density at radius 1 is 0.310 bits per heavy atom. The standard InChI is InChI=1S/C46H78N2O36/c1-10(54)47-19-26(61)36(15(6-52)74-40(19)71)81-41-20(48-11(2)55)27(62)37(16(7-53)78-41)82-46-35(70)39(84-45-33(68)30(65)23(58)14(5-51)77-45)25(60)18(80-46)9-73-43-34(69)38(83-44-32(67)29(64)22(57)13(4-50)76-44)24(59)17(79-43)8-72-42-31(66)28(63)21(56)12(3-49)75-42/h12-46,49-53,56-71H,3-9H2,1-2H3,(H,47,54)(H,48,55)/t12?,13-,14-,15?,16?,17?,18?,19?,20?,21+,22+,23+,24+,25+,26+,27+,28-,29?,30?,31?,32?,33?,34?,35?,36+,37+,38-,39-,40?,41-,42-,43-,44+,45+,46-/m0/s1. The van der Waals surface area contributed by atoms with E-state index in [4.69, 9.17) is 61.6 Å². The zero-order chi connectivity index (χ0) is 61.9. The molecule has 7 rings (SSSR count). The quantitative estimate of drug-likeness (QED) is 0.0507. The molecule has 15 unspecified atom stereocenters. The molecule has 0 aromatic rings. The highest BCUT2D eigenvalue weighted by Gasteiger charge is 2.58. The maximum Gasteiger partial charge on any atom is 0.217 e. The molecule has 38 nitrogen and oxygen atoms in total. The van der Waals surface area contributed by atoms with E-state index in [1.807, 2.05) is 0 Å². The molecule has 0 aromatic heterocycles. The Hall–Kier alpha value is -2.42. The minimum Gasteiger partial charge on any atom is -0.394 e. The number of carbonyl (C=O) groups excluding carboxylic acids is 2. The van der Waals surface area contributed by atoms with Gasteiger partial charge in [0.25, 0.3) is 0 Å². The van der Waals surface area contributed by atoms with Gasteiger partial charge < -0.3 is 179 Å². The van der Waals surface area contributed by atoms with Gasteiger partial charge in [0, 0.05) is 13.8 Å². The molecule has 2 amide bonds. The second-order valence-corrected chi connectivity index (χ2v) is 21.1.